The largest absolute Gasteiger partial charge is 0.507 e. The Morgan fingerprint density at radius 1 is 1.53 bits per heavy atom. The van der Waals surface area contributed by atoms with Crippen LogP contribution >= 0.6 is 10.7 Å². The quantitative estimate of drug-likeness (QED) is 0.806. The number of rotatable bonds is 2. The topological polar surface area (TPSA) is 78.2 Å². The smallest absolute Gasteiger partial charge is 0.262 e. The second-order valence-electron chi connectivity index (χ2n) is 2.89. The van der Waals surface area contributed by atoms with E-state index < -0.39 is 9.05 Å². The average Bonchev–Trinajstić information content (AvgIpc) is 2.15. The number of phenolic OH excluding ortho intramolecular Hbond substituents is 1. The molecule has 1 aromatic carbocycles. The predicted octanol–water partition coefficient (Wildman–Crippen LogP) is 1.75. The molecule has 0 saturated heterocycles. The van der Waals surface area contributed by atoms with E-state index in [9.17, 15) is 13.5 Å². The SMILES string of the molecule is CCc1cc(O)c(C#N)c(S(=O)(=O)Cl)c1. The first-order chi connectivity index (χ1) is 6.90. The summed E-state index contributed by atoms with van der Waals surface area (Å²) in [6, 6.07) is 4.25. The minimum Gasteiger partial charge on any atom is -0.507 e. The van der Waals surface area contributed by atoms with Gasteiger partial charge in [0.15, 0.2) is 0 Å². The molecule has 0 aliphatic heterocycles. The lowest BCUT2D eigenvalue weighted by molar-refractivity contribution is 0.470. The van der Waals surface area contributed by atoms with Gasteiger partial charge in [-0.1, -0.05) is 6.92 Å². The van der Waals surface area contributed by atoms with E-state index in [1.807, 2.05) is 0 Å². The number of phenols is 1. The molecular formula is C9H8ClNO3S. The van der Waals surface area contributed by atoms with Gasteiger partial charge < -0.3 is 5.11 Å². The van der Waals surface area contributed by atoms with E-state index in [2.05, 4.69) is 0 Å². The van der Waals surface area contributed by atoms with Crippen molar-refractivity contribution in [1.82, 2.24) is 0 Å². The van der Waals surface area contributed by atoms with Crippen LogP contribution < -0.4 is 0 Å². The van der Waals surface area contributed by atoms with Crippen molar-refractivity contribution in [3.8, 4) is 11.8 Å². The van der Waals surface area contributed by atoms with Gasteiger partial charge in [0.25, 0.3) is 9.05 Å². The molecule has 0 bridgehead atoms. The summed E-state index contributed by atoms with van der Waals surface area (Å²) in [5.74, 6) is -0.365. The average molecular weight is 246 g/mol. The van der Waals surface area contributed by atoms with E-state index in [4.69, 9.17) is 15.9 Å². The van der Waals surface area contributed by atoms with Crippen molar-refractivity contribution in [3.05, 3.63) is 23.3 Å². The minimum atomic E-state index is -4.01. The van der Waals surface area contributed by atoms with Crippen molar-refractivity contribution in [3.63, 3.8) is 0 Å². The highest BCUT2D eigenvalue weighted by Gasteiger charge is 2.19. The fraction of sp³-hybridized carbons (Fsp3) is 0.222. The lowest BCUT2D eigenvalue weighted by atomic mass is 10.1. The molecule has 0 spiro atoms. The highest BCUT2D eigenvalue weighted by molar-refractivity contribution is 8.13. The number of hydrogen-bond acceptors (Lipinski definition) is 4. The molecule has 0 aliphatic rings. The Balaban J connectivity index is 3.63. The summed E-state index contributed by atoms with van der Waals surface area (Å²) in [6.07, 6.45) is 0.540. The van der Waals surface area contributed by atoms with Gasteiger partial charge in [-0.25, -0.2) is 8.42 Å². The Labute approximate surface area is 92.1 Å². The van der Waals surface area contributed by atoms with Gasteiger partial charge in [0, 0.05) is 10.7 Å². The van der Waals surface area contributed by atoms with Crippen molar-refractivity contribution in [1.29, 1.82) is 5.26 Å². The summed E-state index contributed by atoms with van der Waals surface area (Å²) in [4.78, 5) is -0.344. The maximum Gasteiger partial charge on any atom is 0.262 e. The van der Waals surface area contributed by atoms with Crippen LogP contribution in [0.4, 0.5) is 0 Å². The predicted molar refractivity (Wildman–Crippen MR) is 55.2 cm³/mol. The molecule has 0 heterocycles. The Morgan fingerprint density at radius 2 is 2.13 bits per heavy atom. The molecule has 4 nitrogen and oxygen atoms in total. The lowest BCUT2D eigenvalue weighted by Gasteiger charge is -2.05. The molecule has 0 atom stereocenters. The van der Waals surface area contributed by atoms with Crippen LogP contribution in [0.5, 0.6) is 5.75 Å². The van der Waals surface area contributed by atoms with Crippen LogP contribution in [0.15, 0.2) is 17.0 Å². The molecule has 0 fully saturated rings. The Hall–Kier alpha value is -1.25. The summed E-state index contributed by atoms with van der Waals surface area (Å²) < 4.78 is 22.3. The Kier molecular flexibility index (Phi) is 3.22. The summed E-state index contributed by atoms with van der Waals surface area (Å²) >= 11 is 0. The highest BCUT2D eigenvalue weighted by Crippen LogP contribution is 2.28. The van der Waals surface area contributed by atoms with Crippen LogP contribution in [0, 0.1) is 11.3 Å². The monoisotopic (exact) mass is 245 g/mol. The standard InChI is InChI=1S/C9H8ClNO3S/c1-2-6-3-8(12)7(5-11)9(4-6)15(10,13)14/h3-4,12H,2H2,1H3. The molecule has 0 aromatic heterocycles. The molecule has 0 radical (unpaired) electrons. The van der Waals surface area contributed by atoms with Gasteiger partial charge in [0.1, 0.15) is 22.3 Å². The van der Waals surface area contributed by atoms with Gasteiger partial charge in [-0.2, -0.15) is 5.26 Å². The third kappa shape index (κ3) is 2.41. The van der Waals surface area contributed by atoms with Crippen LogP contribution in [0.3, 0.4) is 0 Å². The summed E-state index contributed by atoms with van der Waals surface area (Å²) in [6.45, 7) is 1.80. The van der Waals surface area contributed by atoms with E-state index in [-0.39, 0.29) is 16.2 Å². The second kappa shape index (κ2) is 4.09. The second-order valence-corrected chi connectivity index (χ2v) is 5.43. The maximum atomic E-state index is 11.1. The van der Waals surface area contributed by atoms with E-state index >= 15 is 0 Å². The number of nitriles is 1. The van der Waals surface area contributed by atoms with Crippen LogP contribution in [-0.2, 0) is 15.5 Å². The number of aryl methyl sites for hydroxylation is 1. The summed E-state index contributed by atoms with van der Waals surface area (Å²) in [5, 5.41) is 18.1. The van der Waals surface area contributed by atoms with Crippen molar-refractivity contribution < 1.29 is 13.5 Å². The Morgan fingerprint density at radius 3 is 2.53 bits per heavy atom. The van der Waals surface area contributed by atoms with Crippen molar-refractivity contribution in [2.45, 2.75) is 18.2 Å². The molecule has 1 aromatic rings. The molecule has 0 saturated carbocycles. The molecular weight excluding hydrogens is 238 g/mol. The van der Waals surface area contributed by atoms with Gasteiger partial charge in [-0.3, -0.25) is 0 Å². The first kappa shape index (κ1) is 11.8. The number of benzene rings is 1. The molecule has 6 heteroatoms. The molecule has 1 N–H and O–H groups in total. The number of halogens is 1. The zero-order chi connectivity index (χ0) is 11.6. The van der Waals surface area contributed by atoms with Gasteiger partial charge in [0.05, 0.1) is 0 Å². The minimum absolute atomic E-state index is 0.317. The molecule has 15 heavy (non-hydrogen) atoms. The normalized spacial score (nSPS) is 11.0. The maximum absolute atomic E-state index is 11.1. The first-order valence-electron chi connectivity index (χ1n) is 4.10. The molecule has 0 aliphatic carbocycles. The molecule has 0 amide bonds. The van der Waals surface area contributed by atoms with Crippen LogP contribution in [0.25, 0.3) is 0 Å². The van der Waals surface area contributed by atoms with Gasteiger partial charge >= 0.3 is 0 Å². The lowest BCUT2D eigenvalue weighted by Crippen LogP contribution is -1.97. The summed E-state index contributed by atoms with van der Waals surface area (Å²) in [5.41, 5.74) is 0.285. The van der Waals surface area contributed by atoms with E-state index in [0.29, 0.717) is 12.0 Å². The zero-order valence-corrected chi connectivity index (χ0v) is 9.43. The fourth-order valence-corrected chi connectivity index (χ4v) is 2.22. The number of aromatic hydroxyl groups is 1. The van der Waals surface area contributed by atoms with E-state index in [0.717, 1.165) is 0 Å². The van der Waals surface area contributed by atoms with Crippen LogP contribution in [0.2, 0.25) is 0 Å². The number of nitrogens with zero attached hydrogens (tertiary/aromatic N) is 1. The molecule has 1 rings (SSSR count). The van der Waals surface area contributed by atoms with Crippen molar-refractivity contribution in [2.24, 2.45) is 0 Å². The third-order valence-electron chi connectivity index (χ3n) is 1.92. The first-order valence-corrected chi connectivity index (χ1v) is 6.41. The van der Waals surface area contributed by atoms with Gasteiger partial charge in [-0.15, -0.1) is 0 Å². The zero-order valence-electron chi connectivity index (χ0n) is 7.86. The van der Waals surface area contributed by atoms with Gasteiger partial charge in [-0.05, 0) is 24.1 Å². The van der Waals surface area contributed by atoms with E-state index in [1.165, 1.54) is 12.1 Å². The summed E-state index contributed by atoms with van der Waals surface area (Å²) in [7, 11) is 1.14. The Bertz CT molecular complexity index is 531. The van der Waals surface area contributed by atoms with Crippen molar-refractivity contribution >= 4 is 19.7 Å². The van der Waals surface area contributed by atoms with E-state index in [1.54, 1.807) is 13.0 Å². The van der Waals surface area contributed by atoms with Crippen LogP contribution in [0.1, 0.15) is 18.1 Å². The third-order valence-corrected chi connectivity index (χ3v) is 3.27. The number of hydrogen-bond donors (Lipinski definition) is 1. The molecule has 80 valence electrons. The highest BCUT2D eigenvalue weighted by atomic mass is 35.7. The van der Waals surface area contributed by atoms with Gasteiger partial charge in [0.2, 0.25) is 0 Å². The van der Waals surface area contributed by atoms with Crippen molar-refractivity contribution in [2.75, 3.05) is 0 Å². The fourth-order valence-electron chi connectivity index (χ4n) is 1.17. The van der Waals surface area contributed by atoms with Crippen LogP contribution in [-0.4, -0.2) is 13.5 Å². The molecule has 0 unspecified atom stereocenters.